The molecule has 7 nitrogen and oxygen atoms in total. The molecule has 0 aliphatic carbocycles. The number of pyridine rings is 1. The number of nitrogens with zero attached hydrogens (tertiary/aromatic N) is 3. The minimum atomic E-state index is -0.250. The Balaban J connectivity index is 2.00. The topological polar surface area (TPSA) is 64.0 Å². The molecule has 0 bridgehead atoms. The van der Waals surface area contributed by atoms with Crippen LogP contribution in [0.4, 0.5) is 0 Å². The molecule has 1 saturated heterocycles. The van der Waals surface area contributed by atoms with Gasteiger partial charge in [0, 0.05) is 38.4 Å². The SMILES string of the molecule is CCN1CCN(C(=O)C(=Cc2ccc(OC)c(OC)c2)n2ccccc2=O)CC1. The van der Waals surface area contributed by atoms with Crippen molar-refractivity contribution in [3.63, 3.8) is 0 Å². The molecule has 1 aromatic heterocycles. The molecule has 3 rings (SSSR count). The molecule has 0 unspecified atom stereocenters. The summed E-state index contributed by atoms with van der Waals surface area (Å²) in [5.41, 5.74) is 0.807. The molecule has 1 aliphatic rings. The average molecular weight is 397 g/mol. The second-order valence-electron chi connectivity index (χ2n) is 6.78. The number of likely N-dealkylation sites (N-methyl/N-ethyl adjacent to an activating group) is 1. The van der Waals surface area contributed by atoms with Crippen LogP contribution in [0.3, 0.4) is 0 Å². The van der Waals surface area contributed by atoms with Crippen LogP contribution in [-0.2, 0) is 4.79 Å². The summed E-state index contributed by atoms with van der Waals surface area (Å²) in [6.07, 6.45) is 3.34. The summed E-state index contributed by atoms with van der Waals surface area (Å²) < 4.78 is 12.0. The summed E-state index contributed by atoms with van der Waals surface area (Å²) in [6, 6.07) is 10.3. The van der Waals surface area contributed by atoms with Gasteiger partial charge in [0.25, 0.3) is 11.5 Å². The van der Waals surface area contributed by atoms with Crippen molar-refractivity contribution < 1.29 is 14.3 Å². The molecule has 0 spiro atoms. The van der Waals surface area contributed by atoms with E-state index >= 15 is 0 Å². The van der Waals surface area contributed by atoms with E-state index in [0.29, 0.717) is 30.3 Å². The van der Waals surface area contributed by atoms with Crippen molar-refractivity contribution in [3.8, 4) is 11.5 Å². The molecule has 2 heterocycles. The minimum Gasteiger partial charge on any atom is -0.493 e. The summed E-state index contributed by atoms with van der Waals surface area (Å²) in [5.74, 6) is 0.999. The van der Waals surface area contributed by atoms with Gasteiger partial charge in [-0.15, -0.1) is 0 Å². The number of hydrogen-bond acceptors (Lipinski definition) is 5. The van der Waals surface area contributed by atoms with E-state index in [2.05, 4.69) is 11.8 Å². The lowest BCUT2D eigenvalue weighted by molar-refractivity contribution is -0.127. The van der Waals surface area contributed by atoms with Crippen molar-refractivity contribution in [1.29, 1.82) is 0 Å². The smallest absolute Gasteiger partial charge is 0.271 e. The molecule has 2 aromatic rings. The van der Waals surface area contributed by atoms with E-state index in [1.807, 2.05) is 6.07 Å². The predicted octanol–water partition coefficient (Wildman–Crippen LogP) is 2.03. The number of carbonyl (C=O) groups excluding carboxylic acids is 1. The molecular formula is C22H27N3O4. The highest BCUT2D eigenvalue weighted by Crippen LogP contribution is 2.29. The monoisotopic (exact) mass is 397 g/mol. The first kappa shape index (κ1) is 20.7. The molecule has 1 amide bonds. The van der Waals surface area contributed by atoms with E-state index in [1.165, 1.54) is 10.6 Å². The molecule has 0 saturated carbocycles. The maximum absolute atomic E-state index is 13.4. The van der Waals surface area contributed by atoms with Crippen LogP contribution in [0.25, 0.3) is 11.8 Å². The Hall–Kier alpha value is -3.06. The van der Waals surface area contributed by atoms with Crippen molar-refractivity contribution in [2.24, 2.45) is 0 Å². The second-order valence-corrected chi connectivity index (χ2v) is 6.78. The molecule has 0 N–H and O–H groups in total. The maximum atomic E-state index is 13.4. The van der Waals surface area contributed by atoms with Crippen molar-refractivity contribution in [2.75, 3.05) is 46.9 Å². The predicted molar refractivity (Wildman–Crippen MR) is 113 cm³/mol. The average Bonchev–Trinajstić information content (AvgIpc) is 2.77. The number of benzene rings is 1. The Labute approximate surface area is 170 Å². The Morgan fingerprint density at radius 2 is 1.76 bits per heavy atom. The van der Waals surface area contributed by atoms with Crippen LogP contribution >= 0.6 is 0 Å². The summed E-state index contributed by atoms with van der Waals surface area (Å²) in [4.78, 5) is 29.9. The van der Waals surface area contributed by atoms with Crippen molar-refractivity contribution in [1.82, 2.24) is 14.4 Å². The molecule has 1 fully saturated rings. The van der Waals surface area contributed by atoms with Gasteiger partial charge in [-0.3, -0.25) is 14.2 Å². The summed E-state index contributed by atoms with van der Waals surface area (Å²) in [5, 5.41) is 0. The standard InChI is InChI=1S/C22H27N3O4/c1-4-23-11-13-24(14-12-23)22(27)18(25-10-6-5-7-21(25)26)15-17-8-9-19(28-2)20(16-17)29-3/h5-10,15-16H,4,11-14H2,1-3H3. The van der Waals surface area contributed by atoms with Crippen molar-refractivity contribution >= 4 is 17.7 Å². The van der Waals surface area contributed by atoms with Gasteiger partial charge in [-0.1, -0.05) is 19.1 Å². The first-order valence-electron chi connectivity index (χ1n) is 9.70. The normalized spacial score (nSPS) is 15.3. The van der Waals surface area contributed by atoms with E-state index < -0.39 is 0 Å². The third kappa shape index (κ3) is 4.68. The highest BCUT2D eigenvalue weighted by atomic mass is 16.5. The van der Waals surface area contributed by atoms with Crippen molar-refractivity contribution in [3.05, 3.63) is 58.5 Å². The van der Waals surface area contributed by atoms with Crippen LogP contribution in [0.2, 0.25) is 0 Å². The fraction of sp³-hybridized carbons (Fsp3) is 0.364. The van der Waals surface area contributed by atoms with E-state index in [9.17, 15) is 9.59 Å². The van der Waals surface area contributed by atoms with Gasteiger partial charge in [0.05, 0.1) is 14.2 Å². The first-order chi connectivity index (χ1) is 14.1. The molecule has 154 valence electrons. The second kappa shape index (κ2) is 9.43. The van der Waals surface area contributed by atoms with Gasteiger partial charge in [0.15, 0.2) is 11.5 Å². The first-order valence-corrected chi connectivity index (χ1v) is 9.70. The number of hydrogen-bond donors (Lipinski definition) is 0. The van der Waals surface area contributed by atoms with Crippen LogP contribution in [-0.4, -0.2) is 67.2 Å². The Morgan fingerprint density at radius 3 is 2.38 bits per heavy atom. The lowest BCUT2D eigenvalue weighted by Gasteiger charge is -2.34. The number of piperazine rings is 1. The van der Waals surface area contributed by atoms with E-state index in [4.69, 9.17) is 9.47 Å². The molecule has 1 aromatic carbocycles. The third-order valence-corrected chi connectivity index (χ3v) is 5.12. The third-order valence-electron chi connectivity index (χ3n) is 5.12. The maximum Gasteiger partial charge on any atom is 0.271 e. The van der Waals surface area contributed by atoms with Crippen LogP contribution in [0.5, 0.6) is 11.5 Å². The molecular weight excluding hydrogens is 370 g/mol. The fourth-order valence-corrected chi connectivity index (χ4v) is 3.39. The van der Waals surface area contributed by atoms with Crippen molar-refractivity contribution in [2.45, 2.75) is 6.92 Å². The summed E-state index contributed by atoms with van der Waals surface area (Å²) in [6.45, 7) is 6.01. The largest absolute Gasteiger partial charge is 0.493 e. The Morgan fingerprint density at radius 1 is 1.03 bits per heavy atom. The lowest BCUT2D eigenvalue weighted by atomic mass is 10.1. The molecule has 29 heavy (non-hydrogen) atoms. The minimum absolute atomic E-state index is 0.163. The van der Waals surface area contributed by atoms with Gasteiger partial charge in [-0.2, -0.15) is 0 Å². The van der Waals surface area contributed by atoms with Crippen LogP contribution in [0.15, 0.2) is 47.4 Å². The van der Waals surface area contributed by atoms with E-state index in [0.717, 1.165) is 25.2 Å². The van der Waals surface area contributed by atoms with E-state index in [-0.39, 0.29) is 11.5 Å². The van der Waals surface area contributed by atoms with Gasteiger partial charge in [-0.25, -0.2) is 0 Å². The number of ether oxygens (including phenoxy) is 2. The quantitative estimate of drug-likeness (QED) is 0.698. The van der Waals surface area contributed by atoms with Gasteiger partial charge in [-0.05, 0) is 36.4 Å². The number of aromatic nitrogens is 1. The number of carbonyl (C=O) groups is 1. The zero-order valence-corrected chi connectivity index (χ0v) is 17.1. The molecule has 0 radical (unpaired) electrons. The number of amides is 1. The highest BCUT2D eigenvalue weighted by Gasteiger charge is 2.24. The Bertz CT molecular complexity index is 943. The number of rotatable bonds is 6. The zero-order valence-electron chi connectivity index (χ0n) is 17.1. The lowest BCUT2D eigenvalue weighted by Crippen LogP contribution is -2.49. The zero-order chi connectivity index (χ0) is 20.8. The summed E-state index contributed by atoms with van der Waals surface area (Å²) >= 11 is 0. The van der Waals surface area contributed by atoms with Gasteiger partial charge in [0.2, 0.25) is 0 Å². The number of methoxy groups -OCH3 is 2. The Kier molecular flexibility index (Phi) is 6.72. The van der Waals surface area contributed by atoms with Crippen LogP contribution in [0, 0.1) is 0 Å². The summed E-state index contributed by atoms with van der Waals surface area (Å²) in [7, 11) is 3.13. The molecule has 1 aliphatic heterocycles. The van der Waals surface area contributed by atoms with E-state index in [1.54, 1.807) is 55.7 Å². The fourth-order valence-electron chi connectivity index (χ4n) is 3.39. The van der Waals surface area contributed by atoms with Gasteiger partial charge < -0.3 is 19.3 Å². The van der Waals surface area contributed by atoms with Gasteiger partial charge in [0.1, 0.15) is 5.70 Å². The molecule has 7 heteroatoms. The molecule has 0 atom stereocenters. The van der Waals surface area contributed by atoms with Gasteiger partial charge >= 0.3 is 0 Å². The highest BCUT2D eigenvalue weighted by molar-refractivity contribution is 6.18. The van der Waals surface area contributed by atoms with Crippen LogP contribution in [0.1, 0.15) is 12.5 Å². The van der Waals surface area contributed by atoms with Crippen LogP contribution < -0.4 is 15.0 Å².